The molecule has 2 aromatic carbocycles. The van der Waals surface area contributed by atoms with Crippen molar-refractivity contribution in [2.45, 2.75) is 0 Å². The first-order valence-electron chi connectivity index (χ1n) is 7.87. The van der Waals surface area contributed by atoms with E-state index in [1.807, 2.05) is 54.6 Å². The van der Waals surface area contributed by atoms with Gasteiger partial charge in [0.1, 0.15) is 11.4 Å². The minimum Gasteiger partial charge on any atom is -0.741 e. The molecule has 0 aliphatic heterocycles. The van der Waals surface area contributed by atoms with Crippen LogP contribution in [-0.2, 0) is 42.3 Å². The van der Waals surface area contributed by atoms with Crippen LogP contribution in [0.5, 0.6) is 0 Å². The molecule has 0 aromatic heterocycles. The average Bonchev–Trinajstić information content (AvgIpc) is 2.71. The topological polar surface area (TPSA) is 73.5 Å². The number of benzene rings is 2. The van der Waals surface area contributed by atoms with E-state index < -0.39 is 0 Å². The van der Waals surface area contributed by atoms with E-state index in [2.05, 4.69) is 53.6 Å². The van der Waals surface area contributed by atoms with Crippen molar-refractivity contribution in [2.75, 3.05) is 14.1 Å². The van der Waals surface area contributed by atoms with Crippen molar-refractivity contribution in [3.05, 3.63) is 69.3 Å². The molecule has 0 amide bonds. The van der Waals surface area contributed by atoms with Crippen molar-refractivity contribution in [1.29, 1.82) is 0 Å². The Bertz CT molecular complexity index is 883. The molecular weight excluding hydrogens is 555 g/mol. The van der Waals surface area contributed by atoms with Crippen molar-refractivity contribution in [3.8, 4) is 0 Å². The quantitative estimate of drug-likeness (QED) is 0.145. The first-order chi connectivity index (χ1) is 13.0. The second kappa shape index (κ2) is 12.8. The molecule has 2 aromatic rings. The molecule has 0 aliphatic rings. The van der Waals surface area contributed by atoms with E-state index in [4.69, 9.17) is 25.3 Å². The number of amidine groups is 2. The van der Waals surface area contributed by atoms with E-state index in [0.717, 1.165) is 14.7 Å². The normalized spacial score (nSPS) is 13.0. The van der Waals surface area contributed by atoms with Crippen molar-refractivity contribution in [2.24, 2.45) is 20.4 Å². The number of nitrogens with one attached hydrogen (secondary N) is 2. The molecule has 0 saturated carbocycles. The van der Waals surface area contributed by atoms with Gasteiger partial charge < -0.3 is 35.9 Å². The Morgan fingerprint density at radius 1 is 0.714 bits per heavy atom. The summed E-state index contributed by atoms with van der Waals surface area (Å²) < 4.78 is 1.11. The largest absolute Gasteiger partial charge is 2.00 e. The van der Waals surface area contributed by atoms with Crippen LogP contribution >= 0.6 is 22.6 Å². The number of nitrogens with zero attached hydrogens (tertiary/aromatic N) is 4. The van der Waals surface area contributed by atoms with Gasteiger partial charge in [-0.3, -0.25) is 0 Å². The van der Waals surface area contributed by atoms with E-state index in [0.29, 0.717) is 11.4 Å². The van der Waals surface area contributed by atoms with Crippen LogP contribution in [0.4, 0.5) is 0 Å². The molecule has 0 fully saturated rings. The summed E-state index contributed by atoms with van der Waals surface area (Å²) in [6.07, 6.45) is 0. The number of halogens is 1. The fourth-order valence-electron chi connectivity index (χ4n) is 1.98. The summed E-state index contributed by atoms with van der Waals surface area (Å²) in [6.45, 7) is 0. The van der Waals surface area contributed by atoms with E-state index in [1.165, 1.54) is 0 Å². The molecule has 0 saturated heterocycles. The van der Waals surface area contributed by atoms with Gasteiger partial charge in [0.25, 0.3) is 0 Å². The van der Waals surface area contributed by atoms with Crippen LogP contribution in [0.1, 0.15) is 11.1 Å². The second-order valence-corrected chi connectivity index (χ2v) is 7.10. The Balaban J connectivity index is 0.00000392. The van der Waals surface area contributed by atoms with E-state index in [1.54, 1.807) is 14.1 Å². The number of rotatable bonds is 5. The zero-order chi connectivity index (χ0) is 19.6. The molecular formula is C18H17CuIN6S2. The van der Waals surface area contributed by atoms with Crippen LogP contribution in [0.25, 0.3) is 0 Å². The second-order valence-electron chi connectivity index (χ2n) is 5.08. The monoisotopic (exact) mass is 571 g/mol. The summed E-state index contributed by atoms with van der Waals surface area (Å²) in [5.41, 5.74) is 2.75. The number of hydrogen-bond donors (Lipinski definition) is 2. The molecule has 0 heterocycles. The van der Waals surface area contributed by atoms with E-state index >= 15 is 0 Å². The van der Waals surface area contributed by atoms with Gasteiger partial charge in [-0.15, -0.1) is 10.2 Å². The molecule has 0 unspecified atom stereocenters. The van der Waals surface area contributed by atoms with Crippen LogP contribution in [0.3, 0.4) is 0 Å². The summed E-state index contributed by atoms with van der Waals surface area (Å²) in [5, 5.41) is 22.9. The average molecular weight is 572 g/mol. The summed E-state index contributed by atoms with van der Waals surface area (Å²) in [5.74, 6) is 0. The molecule has 0 spiro atoms. The molecule has 2 N–H and O–H groups in total. The summed E-state index contributed by atoms with van der Waals surface area (Å²) in [7, 11) is 3.39. The third-order valence-corrected chi connectivity index (χ3v) is 4.59. The van der Waals surface area contributed by atoms with Gasteiger partial charge in [0, 0.05) is 28.8 Å². The van der Waals surface area contributed by atoms with Gasteiger partial charge in [-0.25, -0.2) is 0 Å². The fourth-order valence-corrected chi connectivity index (χ4v) is 2.42. The molecule has 0 bridgehead atoms. The summed E-state index contributed by atoms with van der Waals surface area (Å²) in [6, 6.07) is 17.5. The molecule has 1 radical (unpaired) electrons. The zero-order valence-corrected chi connectivity index (χ0v) is 19.7. The molecule has 2 rings (SSSR count). The standard InChI is InChI=1S/C18H19IN6S2.Cu/c1-20-17(26)24-22-15(12-6-4-3-5-7-12)16(23-25-18(27)21-2)13-8-10-14(19)11-9-13;/h3-11H,1-2H3,(H2,20,24,26)(H2,21,25,27);/q;+2/p-2/b22-15+,23-16+;. The van der Waals surface area contributed by atoms with Gasteiger partial charge in [0.2, 0.25) is 0 Å². The van der Waals surface area contributed by atoms with Gasteiger partial charge >= 0.3 is 17.1 Å². The minimum atomic E-state index is 0. The van der Waals surface area contributed by atoms with Crippen LogP contribution in [0.2, 0.25) is 0 Å². The van der Waals surface area contributed by atoms with Crippen molar-refractivity contribution < 1.29 is 17.1 Å². The maximum Gasteiger partial charge on any atom is 2.00 e. The van der Waals surface area contributed by atoms with Crippen LogP contribution in [0, 0.1) is 3.57 Å². The van der Waals surface area contributed by atoms with E-state index in [-0.39, 0.29) is 27.4 Å². The van der Waals surface area contributed by atoms with Crippen LogP contribution in [0.15, 0.2) is 75.0 Å². The smallest absolute Gasteiger partial charge is 0.741 e. The molecule has 0 atom stereocenters. The summed E-state index contributed by atoms with van der Waals surface area (Å²) >= 11 is 12.4. The predicted octanol–water partition coefficient (Wildman–Crippen LogP) is 2.64. The van der Waals surface area contributed by atoms with Crippen molar-refractivity contribution in [3.63, 3.8) is 0 Å². The Hall–Kier alpha value is -1.59. The zero-order valence-electron chi connectivity index (χ0n) is 15.0. The SMILES string of the molecule is CN/C([S-])=N/N=C(/C(=N/N=C(\[S-])NC)c1ccc(I)cc1)c1ccccc1.[Cu+2]. The van der Waals surface area contributed by atoms with Crippen molar-refractivity contribution in [1.82, 2.24) is 10.6 Å². The molecule has 0 aliphatic carbocycles. The Labute approximate surface area is 199 Å². The van der Waals surface area contributed by atoms with Gasteiger partial charge in [-0.05, 0) is 45.1 Å². The fraction of sp³-hybridized carbons (Fsp3) is 0.111. The first-order valence-corrected chi connectivity index (χ1v) is 9.77. The molecule has 28 heavy (non-hydrogen) atoms. The third-order valence-electron chi connectivity index (χ3n) is 3.30. The Kier molecular flexibility index (Phi) is 11.2. The van der Waals surface area contributed by atoms with Gasteiger partial charge in [-0.1, -0.05) is 42.5 Å². The Morgan fingerprint density at radius 3 is 1.57 bits per heavy atom. The number of hydrogen-bond acceptors (Lipinski definition) is 6. The third kappa shape index (κ3) is 7.44. The predicted molar refractivity (Wildman–Crippen MR) is 126 cm³/mol. The maximum absolute atomic E-state index is 5.09. The van der Waals surface area contributed by atoms with Gasteiger partial charge in [0.05, 0.1) is 0 Å². The van der Waals surface area contributed by atoms with Gasteiger partial charge in [0.15, 0.2) is 0 Å². The maximum atomic E-state index is 5.09. The van der Waals surface area contributed by atoms with Crippen molar-refractivity contribution >= 4 is 69.6 Å². The first kappa shape index (κ1) is 24.4. The molecule has 10 heteroatoms. The molecule has 6 nitrogen and oxygen atoms in total. The summed E-state index contributed by atoms with van der Waals surface area (Å²) in [4.78, 5) is 0. The molecule has 149 valence electrons. The van der Waals surface area contributed by atoms with Crippen LogP contribution in [-0.4, -0.2) is 35.9 Å². The van der Waals surface area contributed by atoms with E-state index in [9.17, 15) is 0 Å². The Morgan fingerprint density at radius 2 is 1.14 bits per heavy atom. The van der Waals surface area contributed by atoms with Gasteiger partial charge in [-0.2, -0.15) is 10.2 Å². The minimum absolute atomic E-state index is 0. The van der Waals surface area contributed by atoms with Crippen LogP contribution < -0.4 is 10.6 Å².